The first-order chi connectivity index (χ1) is 13.1. The number of benzene rings is 1. The molecule has 136 valence electrons. The van der Waals surface area contributed by atoms with Gasteiger partial charge in [-0.3, -0.25) is 4.98 Å². The van der Waals surface area contributed by atoms with E-state index in [1.54, 1.807) is 35.8 Å². The minimum atomic E-state index is -1.04. The van der Waals surface area contributed by atoms with Gasteiger partial charge in [-0.05, 0) is 35.9 Å². The van der Waals surface area contributed by atoms with Gasteiger partial charge in [0, 0.05) is 36.7 Å². The predicted molar refractivity (Wildman–Crippen MR) is 97.5 cm³/mol. The van der Waals surface area contributed by atoms with E-state index >= 15 is 0 Å². The zero-order valence-corrected chi connectivity index (χ0v) is 14.3. The molecule has 1 aliphatic rings. The van der Waals surface area contributed by atoms with Crippen molar-refractivity contribution in [3.8, 4) is 0 Å². The SMILES string of the molecule is O=C(O)c1cccc(NC(=O)N2CCc3[nH]cnc3[C@@H]2c2ccncc2)c1. The number of aromatic nitrogens is 3. The number of anilines is 1. The van der Waals surface area contributed by atoms with Gasteiger partial charge in [0.25, 0.3) is 0 Å². The van der Waals surface area contributed by atoms with Crippen LogP contribution in [0.4, 0.5) is 10.5 Å². The molecular formula is C19H17N5O3. The van der Waals surface area contributed by atoms with Gasteiger partial charge in [-0.1, -0.05) is 6.07 Å². The van der Waals surface area contributed by atoms with Gasteiger partial charge in [0.1, 0.15) is 6.04 Å². The third kappa shape index (κ3) is 3.24. The van der Waals surface area contributed by atoms with Crippen molar-refractivity contribution < 1.29 is 14.7 Å². The molecule has 3 N–H and O–H groups in total. The summed E-state index contributed by atoms with van der Waals surface area (Å²) in [5.74, 6) is -1.04. The molecular weight excluding hydrogens is 346 g/mol. The van der Waals surface area contributed by atoms with Crippen LogP contribution in [0.15, 0.2) is 55.1 Å². The van der Waals surface area contributed by atoms with Gasteiger partial charge in [-0.25, -0.2) is 14.6 Å². The Hall–Kier alpha value is -3.68. The topological polar surface area (TPSA) is 111 Å². The number of carboxylic acids is 1. The Morgan fingerprint density at radius 3 is 2.81 bits per heavy atom. The number of rotatable bonds is 3. The van der Waals surface area contributed by atoms with Crippen LogP contribution in [0.25, 0.3) is 0 Å². The van der Waals surface area contributed by atoms with E-state index in [2.05, 4.69) is 20.3 Å². The van der Waals surface area contributed by atoms with Crippen LogP contribution in [-0.4, -0.2) is 43.5 Å². The number of fused-ring (bicyclic) bond motifs is 1. The van der Waals surface area contributed by atoms with E-state index in [-0.39, 0.29) is 17.6 Å². The van der Waals surface area contributed by atoms with Crippen molar-refractivity contribution in [3.63, 3.8) is 0 Å². The fourth-order valence-electron chi connectivity index (χ4n) is 3.30. The van der Waals surface area contributed by atoms with Crippen molar-refractivity contribution in [2.45, 2.75) is 12.5 Å². The number of amides is 2. The molecule has 0 saturated heterocycles. The Kier molecular flexibility index (Phi) is 4.29. The number of hydrogen-bond acceptors (Lipinski definition) is 4. The van der Waals surface area contributed by atoms with E-state index in [0.29, 0.717) is 18.7 Å². The summed E-state index contributed by atoms with van der Waals surface area (Å²) in [6, 6.07) is 9.25. The summed E-state index contributed by atoms with van der Waals surface area (Å²) in [6.07, 6.45) is 5.67. The van der Waals surface area contributed by atoms with E-state index in [9.17, 15) is 9.59 Å². The molecule has 3 heterocycles. The fraction of sp³-hybridized carbons (Fsp3) is 0.158. The van der Waals surface area contributed by atoms with Gasteiger partial charge in [-0.2, -0.15) is 0 Å². The van der Waals surface area contributed by atoms with E-state index in [1.807, 2.05) is 12.1 Å². The van der Waals surface area contributed by atoms with Crippen molar-refractivity contribution in [1.82, 2.24) is 19.9 Å². The molecule has 0 unspecified atom stereocenters. The third-order valence-corrected chi connectivity index (χ3v) is 4.57. The maximum atomic E-state index is 13.0. The first-order valence-corrected chi connectivity index (χ1v) is 8.46. The number of hydrogen-bond donors (Lipinski definition) is 3. The molecule has 1 aromatic carbocycles. The lowest BCUT2D eigenvalue weighted by Crippen LogP contribution is -2.43. The smallest absolute Gasteiger partial charge is 0.335 e. The minimum Gasteiger partial charge on any atom is -0.478 e. The lowest BCUT2D eigenvalue weighted by Gasteiger charge is -2.35. The van der Waals surface area contributed by atoms with Crippen molar-refractivity contribution in [2.75, 3.05) is 11.9 Å². The number of nitrogens with zero attached hydrogens (tertiary/aromatic N) is 3. The summed E-state index contributed by atoms with van der Waals surface area (Å²) < 4.78 is 0. The number of carboxylic acid groups (broad SMARTS) is 1. The van der Waals surface area contributed by atoms with Gasteiger partial charge < -0.3 is 20.3 Å². The van der Waals surface area contributed by atoms with Gasteiger partial charge in [-0.15, -0.1) is 0 Å². The van der Waals surface area contributed by atoms with Crippen LogP contribution in [0.1, 0.15) is 33.4 Å². The molecule has 8 heteroatoms. The average molecular weight is 363 g/mol. The van der Waals surface area contributed by atoms with E-state index in [0.717, 1.165) is 17.0 Å². The Labute approximate surface area is 154 Å². The number of carbonyl (C=O) groups is 2. The summed E-state index contributed by atoms with van der Waals surface area (Å²) in [5, 5.41) is 11.9. The van der Waals surface area contributed by atoms with Gasteiger partial charge in [0.2, 0.25) is 0 Å². The van der Waals surface area contributed by atoms with Crippen LogP contribution < -0.4 is 5.32 Å². The molecule has 0 saturated carbocycles. The van der Waals surface area contributed by atoms with Crippen LogP contribution in [0.2, 0.25) is 0 Å². The number of aromatic amines is 1. The van der Waals surface area contributed by atoms with Crippen LogP contribution in [0.3, 0.4) is 0 Å². The fourth-order valence-corrected chi connectivity index (χ4v) is 3.30. The quantitative estimate of drug-likeness (QED) is 0.662. The lowest BCUT2D eigenvalue weighted by molar-refractivity contribution is 0.0697. The van der Waals surface area contributed by atoms with Gasteiger partial charge in [0.05, 0.1) is 17.6 Å². The number of nitrogens with one attached hydrogen (secondary N) is 2. The van der Waals surface area contributed by atoms with Gasteiger partial charge >= 0.3 is 12.0 Å². The number of aromatic carboxylic acids is 1. The van der Waals surface area contributed by atoms with E-state index < -0.39 is 5.97 Å². The van der Waals surface area contributed by atoms with Crippen molar-refractivity contribution >= 4 is 17.7 Å². The highest BCUT2D eigenvalue weighted by atomic mass is 16.4. The van der Waals surface area contributed by atoms with Gasteiger partial charge in [0.15, 0.2) is 0 Å². The number of urea groups is 1. The summed E-state index contributed by atoms with van der Waals surface area (Å²) in [7, 11) is 0. The predicted octanol–water partition coefficient (Wildman–Crippen LogP) is 2.68. The highest BCUT2D eigenvalue weighted by Gasteiger charge is 2.34. The van der Waals surface area contributed by atoms with Crippen LogP contribution in [0.5, 0.6) is 0 Å². The van der Waals surface area contributed by atoms with E-state index in [4.69, 9.17) is 5.11 Å². The molecule has 4 rings (SSSR count). The van der Waals surface area contributed by atoms with Crippen molar-refractivity contribution in [2.24, 2.45) is 0 Å². The summed E-state index contributed by atoms with van der Waals surface area (Å²) in [4.78, 5) is 37.4. The van der Waals surface area contributed by atoms with Crippen LogP contribution in [-0.2, 0) is 6.42 Å². The molecule has 0 radical (unpaired) electrons. The Bertz CT molecular complexity index is 986. The molecule has 1 atom stereocenters. The Morgan fingerprint density at radius 1 is 1.22 bits per heavy atom. The number of carbonyl (C=O) groups excluding carboxylic acids is 1. The van der Waals surface area contributed by atoms with Crippen molar-refractivity contribution in [1.29, 1.82) is 0 Å². The minimum absolute atomic E-state index is 0.117. The molecule has 0 aliphatic carbocycles. The first-order valence-electron chi connectivity index (χ1n) is 8.46. The highest BCUT2D eigenvalue weighted by molar-refractivity contribution is 5.93. The Balaban J connectivity index is 1.64. The second kappa shape index (κ2) is 6.91. The zero-order chi connectivity index (χ0) is 18.8. The highest BCUT2D eigenvalue weighted by Crippen LogP contribution is 2.33. The second-order valence-electron chi connectivity index (χ2n) is 6.21. The molecule has 8 nitrogen and oxygen atoms in total. The molecule has 27 heavy (non-hydrogen) atoms. The lowest BCUT2D eigenvalue weighted by atomic mass is 9.97. The maximum absolute atomic E-state index is 13.0. The molecule has 2 amide bonds. The molecule has 0 fully saturated rings. The zero-order valence-electron chi connectivity index (χ0n) is 14.3. The molecule has 3 aromatic rings. The maximum Gasteiger partial charge on any atom is 0.335 e. The Morgan fingerprint density at radius 2 is 2.04 bits per heavy atom. The molecule has 1 aliphatic heterocycles. The third-order valence-electron chi connectivity index (χ3n) is 4.57. The largest absolute Gasteiger partial charge is 0.478 e. The van der Waals surface area contributed by atoms with Crippen molar-refractivity contribution in [3.05, 3.63) is 77.6 Å². The van der Waals surface area contributed by atoms with E-state index in [1.165, 1.54) is 12.1 Å². The first kappa shape index (κ1) is 16.8. The monoisotopic (exact) mass is 363 g/mol. The normalized spacial score (nSPS) is 15.9. The number of pyridine rings is 1. The standard InChI is InChI=1S/C19H17N5O3/c25-18(26)13-2-1-3-14(10-13)23-19(27)24-9-6-15-16(22-11-21-15)17(24)12-4-7-20-8-5-12/h1-5,7-8,10-11,17H,6,9H2,(H,21,22)(H,23,27)(H,25,26)/t17-/m0/s1. The average Bonchev–Trinajstić information content (AvgIpc) is 3.16. The summed E-state index contributed by atoms with van der Waals surface area (Å²) >= 11 is 0. The molecule has 0 bridgehead atoms. The molecule has 0 spiro atoms. The summed E-state index contributed by atoms with van der Waals surface area (Å²) in [6.45, 7) is 0.507. The molecule has 2 aromatic heterocycles. The van der Waals surface area contributed by atoms with Crippen LogP contribution in [0, 0.1) is 0 Å². The number of imidazole rings is 1. The number of H-pyrrole nitrogens is 1. The second-order valence-corrected chi connectivity index (χ2v) is 6.21. The summed E-state index contributed by atoms with van der Waals surface area (Å²) in [5.41, 5.74) is 3.27. The van der Waals surface area contributed by atoms with Crippen LogP contribution >= 0.6 is 0 Å².